The third kappa shape index (κ3) is 4.90. The van der Waals surface area contributed by atoms with E-state index in [-0.39, 0.29) is 23.5 Å². The average molecular weight is 434 g/mol. The molecule has 0 bridgehead atoms. The number of nitrogens with one attached hydrogen (secondary N) is 2. The van der Waals surface area contributed by atoms with Crippen LogP contribution in [0.4, 0.5) is 10.7 Å². The molecule has 1 heterocycles. The molecule has 0 unspecified atom stereocenters. The number of thiophene rings is 1. The van der Waals surface area contributed by atoms with Crippen LogP contribution >= 0.6 is 23.1 Å². The number of thioether (sulfide) groups is 1. The Hall–Kier alpha value is -3.08. The van der Waals surface area contributed by atoms with Gasteiger partial charge < -0.3 is 10.6 Å². The minimum atomic E-state index is -0.176. The lowest BCUT2D eigenvalue weighted by atomic mass is 10.1. The molecule has 1 aliphatic rings. The highest BCUT2D eigenvalue weighted by Crippen LogP contribution is 2.35. The number of anilines is 2. The summed E-state index contributed by atoms with van der Waals surface area (Å²) in [4.78, 5) is 25.3. The number of nitrogens with zero attached hydrogens (tertiary/aromatic N) is 1. The van der Waals surface area contributed by atoms with Gasteiger partial charge in [-0.3, -0.25) is 9.59 Å². The van der Waals surface area contributed by atoms with Gasteiger partial charge in [-0.15, -0.1) is 23.1 Å². The van der Waals surface area contributed by atoms with E-state index in [1.54, 1.807) is 0 Å². The smallest absolute Gasteiger partial charge is 0.235 e. The Balaban J connectivity index is 1.37. The second-order valence-electron chi connectivity index (χ2n) is 6.96. The predicted octanol–water partition coefficient (Wildman–Crippen LogP) is 5.37. The molecule has 1 fully saturated rings. The second kappa shape index (κ2) is 9.16. The first-order valence-electron chi connectivity index (χ1n) is 9.54. The Kier molecular flexibility index (Phi) is 6.17. The Bertz CT molecular complexity index is 1110. The third-order valence-corrected chi connectivity index (χ3v) is 6.55. The molecular weight excluding hydrogens is 414 g/mol. The van der Waals surface area contributed by atoms with Crippen molar-refractivity contribution in [3.63, 3.8) is 0 Å². The summed E-state index contributed by atoms with van der Waals surface area (Å²) in [5.41, 5.74) is 3.00. The molecule has 1 saturated carbocycles. The first-order chi connectivity index (χ1) is 14.6. The molecule has 5 nitrogen and oxygen atoms in total. The highest BCUT2D eigenvalue weighted by Gasteiger charge is 2.29. The molecule has 0 aliphatic heterocycles. The van der Waals surface area contributed by atoms with Crippen LogP contribution in [-0.2, 0) is 9.59 Å². The van der Waals surface area contributed by atoms with Crippen LogP contribution in [0, 0.1) is 17.2 Å². The normalized spacial score (nSPS) is 12.8. The van der Waals surface area contributed by atoms with E-state index < -0.39 is 0 Å². The van der Waals surface area contributed by atoms with E-state index in [4.69, 9.17) is 0 Å². The van der Waals surface area contributed by atoms with Gasteiger partial charge in [0.25, 0.3) is 0 Å². The minimum absolute atomic E-state index is 0.0610. The number of amides is 2. The van der Waals surface area contributed by atoms with Gasteiger partial charge in [0.15, 0.2) is 0 Å². The molecule has 0 saturated heterocycles. The van der Waals surface area contributed by atoms with Gasteiger partial charge in [0.1, 0.15) is 11.1 Å². The van der Waals surface area contributed by atoms with Crippen LogP contribution < -0.4 is 10.6 Å². The van der Waals surface area contributed by atoms with Crippen molar-refractivity contribution in [2.24, 2.45) is 5.92 Å². The van der Waals surface area contributed by atoms with Gasteiger partial charge in [0, 0.05) is 27.4 Å². The largest absolute Gasteiger partial charge is 0.326 e. The summed E-state index contributed by atoms with van der Waals surface area (Å²) in [6, 6.07) is 19.4. The van der Waals surface area contributed by atoms with Crippen LogP contribution in [0.15, 0.2) is 64.9 Å². The lowest BCUT2D eigenvalue weighted by molar-refractivity contribution is -0.117. The van der Waals surface area contributed by atoms with Crippen molar-refractivity contribution in [2.75, 3.05) is 16.4 Å². The lowest BCUT2D eigenvalue weighted by Crippen LogP contribution is -2.14. The number of nitriles is 1. The van der Waals surface area contributed by atoms with Crippen molar-refractivity contribution >= 4 is 45.6 Å². The molecule has 2 N–H and O–H groups in total. The van der Waals surface area contributed by atoms with Crippen LogP contribution in [0.5, 0.6) is 0 Å². The van der Waals surface area contributed by atoms with E-state index in [0.717, 1.165) is 34.6 Å². The van der Waals surface area contributed by atoms with Crippen LogP contribution in [0.1, 0.15) is 18.4 Å². The Morgan fingerprint density at radius 3 is 2.63 bits per heavy atom. The molecule has 2 amide bonds. The van der Waals surface area contributed by atoms with E-state index >= 15 is 0 Å². The quantitative estimate of drug-likeness (QED) is 0.491. The number of rotatable bonds is 7. The molecule has 150 valence electrons. The summed E-state index contributed by atoms with van der Waals surface area (Å²) in [6.45, 7) is 0. The van der Waals surface area contributed by atoms with Crippen molar-refractivity contribution < 1.29 is 9.59 Å². The number of hydrogen-bond acceptors (Lipinski definition) is 5. The summed E-state index contributed by atoms with van der Waals surface area (Å²) in [6.07, 6.45) is 1.92. The predicted molar refractivity (Wildman–Crippen MR) is 122 cm³/mol. The van der Waals surface area contributed by atoms with Crippen molar-refractivity contribution in [3.05, 3.63) is 65.5 Å². The summed E-state index contributed by atoms with van der Waals surface area (Å²) in [7, 11) is 0. The zero-order chi connectivity index (χ0) is 20.9. The maximum absolute atomic E-state index is 12.5. The second-order valence-corrected chi connectivity index (χ2v) is 8.89. The number of benzene rings is 2. The fourth-order valence-corrected chi connectivity index (χ4v) is 4.65. The molecule has 0 atom stereocenters. The summed E-state index contributed by atoms with van der Waals surface area (Å²) in [5.74, 6) is 0.243. The number of carbonyl (C=O) groups excluding carboxylic acids is 2. The topological polar surface area (TPSA) is 82.0 Å². The fourth-order valence-electron chi connectivity index (χ4n) is 2.96. The number of hydrogen-bond donors (Lipinski definition) is 2. The van der Waals surface area contributed by atoms with E-state index in [9.17, 15) is 14.9 Å². The molecule has 7 heteroatoms. The van der Waals surface area contributed by atoms with Crippen LogP contribution in [-0.4, -0.2) is 17.6 Å². The molecule has 1 aromatic heterocycles. The van der Waals surface area contributed by atoms with Crippen LogP contribution in [0.3, 0.4) is 0 Å². The third-order valence-electron chi connectivity index (χ3n) is 4.66. The summed E-state index contributed by atoms with van der Waals surface area (Å²) >= 11 is 2.74. The Morgan fingerprint density at radius 1 is 1.10 bits per heavy atom. The molecule has 4 rings (SSSR count). The summed E-state index contributed by atoms with van der Waals surface area (Å²) < 4.78 is 0. The van der Waals surface area contributed by atoms with E-state index in [1.165, 1.54) is 23.1 Å². The van der Waals surface area contributed by atoms with Gasteiger partial charge in [-0.2, -0.15) is 5.26 Å². The average Bonchev–Trinajstić information content (AvgIpc) is 3.54. The van der Waals surface area contributed by atoms with Crippen molar-refractivity contribution in [1.82, 2.24) is 0 Å². The van der Waals surface area contributed by atoms with Crippen molar-refractivity contribution in [3.8, 4) is 17.2 Å². The monoisotopic (exact) mass is 433 g/mol. The molecule has 3 aromatic rings. The molecule has 0 radical (unpaired) electrons. The first kappa shape index (κ1) is 20.2. The van der Waals surface area contributed by atoms with Gasteiger partial charge >= 0.3 is 0 Å². The van der Waals surface area contributed by atoms with Crippen molar-refractivity contribution in [2.45, 2.75) is 17.7 Å². The molecule has 2 aromatic carbocycles. The summed E-state index contributed by atoms with van der Waals surface area (Å²) in [5, 5.41) is 17.8. The van der Waals surface area contributed by atoms with Gasteiger partial charge in [-0.1, -0.05) is 36.4 Å². The van der Waals surface area contributed by atoms with Gasteiger partial charge in [-0.25, -0.2) is 0 Å². The molecule has 0 spiro atoms. The highest BCUT2D eigenvalue weighted by atomic mass is 32.2. The molecular formula is C23H19N3O2S2. The maximum Gasteiger partial charge on any atom is 0.235 e. The van der Waals surface area contributed by atoms with E-state index in [0.29, 0.717) is 10.6 Å². The number of carbonyl (C=O) groups is 2. The zero-order valence-corrected chi connectivity index (χ0v) is 17.7. The Labute approximate surface area is 183 Å². The van der Waals surface area contributed by atoms with Crippen LogP contribution in [0.2, 0.25) is 0 Å². The molecule has 30 heavy (non-hydrogen) atoms. The Morgan fingerprint density at radius 2 is 1.90 bits per heavy atom. The van der Waals surface area contributed by atoms with Crippen LogP contribution in [0.25, 0.3) is 11.1 Å². The lowest BCUT2D eigenvalue weighted by Gasteiger charge is -2.07. The van der Waals surface area contributed by atoms with E-state index in [1.807, 2.05) is 60.0 Å². The SMILES string of the molecule is N#Cc1c(-c2ccccc2)csc1NC(=O)CSc1cccc(NC(=O)C2CC2)c1. The van der Waals surface area contributed by atoms with Gasteiger partial charge in [-0.05, 0) is 36.6 Å². The van der Waals surface area contributed by atoms with Gasteiger partial charge in [0.05, 0.1) is 11.3 Å². The van der Waals surface area contributed by atoms with E-state index in [2.05, 4.69) is 16.7 Å². The zero-order valence-electron chi connectivity index (χ0n) is 16.1. The maximum atomic E-state index is 12.5. The van der Waals surface area contributed by atoms with Crippen molar-refractivity contribution in [1.29, 1.82) is 5.26 Å². The highest BCUT2D eigenvalue weighted by molar-refractivity contribution is 8.00. The first-order valence-corrected chi connectivity index (χ1v) is 11.4. The fraction of sp³-hybridized carbons (Fsp3) is 0.174. The van der Waals surface area contributed by atoms with Gasteiger partial charge in [0.2, 0.25) is 11.8 Å². The minimum Gasteiger partial charge on any atom is -0.326 e. The standard InChI is InChI=1S/C23H19N3O2S2/c24-12-19-20(15-5-2-1-3-6-15)13-30-23(19)26-21(27)14-29-18-8-4-7-17(11-18)25-22(28)16-9-10-16/h1-8,11,13,16H,9-10,14H2,(H,25,28)(H,26,27). The molecule has 1 aliphatic carbocycles.